The number of methoxy groups -OCH3 is 1. The summed E-state index contributed by atoms with van der Waals surface area (Å²) < 4.78 is 15.7. The molecule has 1 aliphatic heterocycles. The molecule has 0 aliphatic carbocycles. The van der Waals surface area contributed by atoms with Gasteiger partial charge in [-0.15, -0.1) is 0 Å². The predicted octanol–water partition coefficient (Wildman–Crippen LogP) is 1.56. The van der Waals surface area contributed by atoms with Gasteiger partial charge in [0.2, 0.25) is 12.5 Å². The van der Waals surface area contributed by atoms with Crippen molar-refractivity contribution < 1.29 is 19.0 Å². The van der Waals surface area contributed by atoms with Crippen LogP contribution in [0.2, 0.25) is 0 Å². The maximum absolute atomic E-state index is 10.3. The van der Waals surface area contributed by atoms with Crippen LogP contribution in [-0.2, 0) is 11.2 Å². The Labute approximate surface area is 87.8 Å². The zero-order chi connectivity index (χ0) is 10.7. The van der Waals surface area contributed by atoms with Gasteiger partial charge in [0, 0.05) is 6.42 Å². The molecule has 15 heavy (non-hydrogen) atoms. The molecule has 0 unspecified atom stereocenters. The van der Waals surface area contributed by atoms with Gasteiger partial charge in [-0.2, -0.15) is 0 Å². The molecule has 80 valence electrons. The molecule has 0 saturated heterocycles. The van der Waals surface area contributed by atoms with Crippen molar-refractivity contribution in [2.75, 3.05) is 13.9 Å². The molecule has 2 rings (SSSR count). The number of carbonyl (C=O) groups is 1. The van der Waals surface area contributed by atoms with E-state index < -0.39 is 0 Å². The fraction of sp³-hybridized carbons (Fsp3) is 0.364. The summed E-state index contributed by atoms with van der Waals surface area (Å²) in [4.78, 5) is 10.3. The minimum atomic E-state index is 0.225. The lowest BCUT2D eigenvalue weighted by Gasteiger charge is -2.06. The highest BCUT2D eigenvalue weighted by atomic mass is 16.7. The van der Waals surface area contributed by atoms with Crippen LogP contribution in [0.1, 0.15) is 12.0 Å². The zero-order valence-corrected chi connectivity index (χ0v) is 8.49. The highest BCUT2D eigenvalue weighted by molar-refractivity contribution is 5.56. The SMILES string of the molecule is COc1cc(CCC=O)cc2c1OCO2. The van der Waals surface area contributed by atoms with E-state index in [1.165, 1.54) is 0 Å². The van der Waals surface area contributed by atoms with Gasteiger partial charge in [0.15, 0.2) is 11.5 Å². The van der Waals surface area contributed by atoms with E-state index in [9.17, 15) is 4.79 Å². The average molecular weight is 208 g/mol. The average Bonchev–Trinajstić information content (AvgIpc) is 2.73. The molecule has 0 atom stereocenters. The lowest BCUT2D eigenvalue weighted by Crippen LogP contribution is -1.93. The van der Waals surface area contributed by atoms with Crippen molar-refractivity contribution in [2.24, 2.45) is 0 Å². The van der Waals surface area contributed by atoms with Crippen molar-refractivity contribution in [3.63, 3.8) is 0 Å². The number of carbonyl (C=O) groups excluding carboxylic acids is 1. The number of aldehydes is 1. The molecule has 0 saturated carbocycles. The quantitative estimate of drug-likeness (QED) is 0.704. The minimum Gasteiger partial charge on any atom is -0.493 e. The standard InChI is InChI=1S/C11H12O4/c1-13-9-5-8(3-2-4-12)6-10-11(9)15-7-14-10/h4-6H,2-3,7H2,1H3. The van der Waals surface area contributed by atoms with Gasteiger partial charge in [0.05, 0.1) is 7.11 Å². The van der Waals surface area contributed by atoms with Crippen LogP contribution in [0.5, 0.6) is 17.2 Å². The number of benzene rings is 1. The first-order valence-electron chi connectivity index (χ1n) is 4.75. The predicted molar refractivity (Wildman–Crippen MR) is 53.5 cm³/mol. The maximum Gasteiger partial charge on any atom is 0.231 e. The van der Waals surface area contributed by atoms with Crippen LogP contribution in [0.15, 0.2) is 12.1 Å². The summed E-state index contributed by atoms with van der Waals surface area (Å²) in [5, 5.41) is 0. The molecule has 0 N–H and O–H groups in total. The molecule has 4 heteroatoms. The Morgan fingerprint density at radius 3 is 3.07 bits per heavy atom. The van der Waals surface area contributed by atoms with E-state index in [0.717, 1.165) is 11.8 Å². The highest BCUT2D eigenvalue weighted by Crippen LogP contribution is 2.41. The number of fused-ring (bicyclic) bond motifs is 1. The third-order valence-electron chi connectivity index (χ3n) is 2.27. The Morgan fingerprint density at radius 1 is 1.47 bits per heavy atom. The van der Waals surface area contributed by atoms with Crippen LogP contribution in [0.3, 0.4) is 0 Å². The fourth-order valence-corrected chi connectivity index (χ4v) is 1.55. The van der Waals surface area contributed by atoms with Gasteiger partial charge in [-0.1, -0.05) is 0 Å². The smallest absolute Gasteiger partial charge is 0.231 e. The monoisotopic (exact) mass is 208 g/mol. The molecule has 0 spiro atoms. The largest absolute Gasteiger partial charge is 0.493 e. The second-order valence-electron chi connectivity index (χ2n) is 3.24. The van der Waals surface area contributed by atoms with Gasteiger partial charge in [0.25, 0.3) is 0 Å². The second kappa shape index (κ2) is 4.21. The normalized spacial score (nSPS) is 12.6. The Bertz CT molecular complexity index is 373. The van der Waals surface area contributed by atoms with E-state index in [0.29, 0.717) is 30.1 Å². The summed E-state index contributed by atoms with van der Waals surface area (Å²) in [5.41, 5.74) is 1.02. The molecule has 1 aliphatic rings. The van der Waals surface area contributed by atoms with Crippen molar-refractivity contribution >= 4 is 6.29 Å². The van der Waals surface area contributed by atoms with Gasteiger partial charge in [0.1, 0.15) is 6.29 Å². The first-order valence-corrected chi connectivity index (χ1v) is 4.75. The molecule has 1 heterocycles. The number of rotatable bonds is 4. The summed E-state index contributed by atoms with van der Waals surface area (Å²) in [6.07, 6.45) is 2.09. The van der Waals surface area contributed by atoms with Crippen molar-refractivity contribution in [1.82, 2.24) is 0 Å². The van der Waals surface area contributed by atoms with Crippen LogP contribution in [0.25, 0.3) is 0 Å². The Hall–Kier alpha value is -1.71. The summed E-state index contributed by atoms with van der Waals surface area (Å²) >= 11 is 0. The van der Waals surface area contributed by atoms with Gasteiger partial charge in [-0.05, 0) is 24.1 Å². The molecule has 0 radical (unpaired) electrons. The van der Waals surface area contributed by atoms with E-state index in [2.05, 4.69) is 0 Å². The molecule has 0 aromatic heterocycles. The molecule has 1 aromatic rings. The molecule has 0 fully saturated rings. The molecule has 4 nitrogen and oxygen atoms in total. The topological polar surface area (TPSA) is 44.8 Å². The van der Waals surface area contributed by atoms with Crippen LogP contribution in [-0.4, -0.2) is 20.2 Å². The van der Waals surface area contributed by atoms with Crippen molar-refractivity contribution in [2.45, 2.75) is 12.8 Å². The zero-order valence-electron chi connectivity index (χ0n) is 8.49. The Kier molecular flexibility index (Phi) is 2.76. The minimum absolute atomic E-state index is 0.225. The van der Waals surface area contributed by atoms with E-state index in [-0.39, 0.29) is 6.79 Å². The second-order valence-corrected chi connectivity index (χ2v) is 3.24. The number of hydrogen-bond acceptors (Lipinski definition) is 4. The van der Waals surface area contributed by atoms with Crippen LogP contribution < -0.4 is 14.2 Å². The number of hydrogen-bond donors (Lipinski definition) is 0. The van der Waals surface area contributed by atoms with Crippen LogP contribution >= 0.6 is 0 Å². The highest BCUT2D eigenvalue weighted by Gasteiger charge is 2.19. The third kappa shape index (κ3) is 1.88. The summed E-state index contributed by atoms with van der Waals surface area (Å²) in [6, 6.07) is 3.76. The summed E-state index contributed by atoms with van der Waals surface area (Å²) in [5.74, 6) is 1.99. The van der Waals surface area contributed by atoms with E-state index in [1.807, 2.05) is 12.1 Å². The Balaban J connectivity index is 2.30. The fourth-order valence-electron chi connectivity index (χ4n) is 1.55. The van der Waals surface area contributed by atoms with Gasteiger partial charge in [-0.3, -0.25) is 0 Å². The van der Waals surface area contributed by atoms with Gasteiger partial charge < -0.3 is 19.0 Å². The number of aryl methyl sites for hydroxylation is 1. The van der Waals surface area contributed by atoms with Gasteiger partial charge in [-0.25, -0.2) is 0 Å². The molecule has 0 amide bonds. The summed E-state index contributed by atoms with van der Waals surface area (Å²) in [7, 11) is 1.58. The van der Waals surface area contributed by atoms with Crippen molar-refractivity contribution in [3.8, 4) is 17.2 Å². The van der Waals surface area contributed by atoms with E-state index >= 15 is 0 Å². The first-order chi connectivity index (χ1) is 7.35. The van der Waals surface area contributed by atoms with Gasteiger partial charge >= 0.3 is 0 Å². The lowest BCUT2D eigenvalue weighted by molar-refractivity contribution is -0.107. The van der Waals surface area contributed by atoms with Crippen LogP contribution in [0.4, 0.5) is 0 Å². The van der Waals surface area contributed by atoms with E-state index in [1.54, 1.807) is 7.11 Å². The van der Waals surface area contributed by atoms with Crippen molar-refractivity contribution in [1.29, 1.82) is 0 Å². The molecular formula is C11H12O4. The van der Waals surface area contributed by atoms with E-state index in [4.69, 9.17) is 14.2 Å². The molecule has 0 bridgehead atoms. The summed E-state index contributed by atoms with van der Waals surface area (Å²) in [6.45, 7) is 0.225. The molecule has 1 aromatic carbocycles. The van der Waals surface area contributed by atoms with Crippen LogP contribution in [0, 0.1) is 0 Å². The third-order valence-corrected chi connectivity index (χ3v) is 2.27. The Morgan fingerprint density at radius 2 is 2.33 bits per heavy atom. The number of ether oxygens (including phenoxy) is 3. The molecular weight excluding hydrogens is 196 g/mol. The van der Waals surface area contributed by atoms with Crippen molar-refractivity contribution in [3.05, 3.63) is 17.7 Å². The maximum atomic E-state index is 10.3. The first kappa shape index (κ1) is 9.83. The lowest BCUT2D eigenvalue weighted by atomic mass is 10.1.